The Morgan fingerprint density at radius 2 is 1.92 bits per heavy atom. The van der Waals surface area contributed by atoms with Crippen molar-refractivity contribution in [3.8, 4) is 6.01 Å². The van der Waals surface area contributed by atoms with Gasteiger partial charge in [0.1, 0.15) is 11.9 Å². The Morgan fingerprint density at radius 1 is 1.19 bits per heavy atom. The highest BCUT2D eigenvalue weighted by Gasteiger charge is 2.33. The number of carbonyl (C=O) groups is 1. The first-order valence-corrected chi connectivity index (χ1v) is 7.94. The number of hydrogen-bond acceptors (Lipinski definition) is 4. The minimum Gasteiger partial charge on any atom is -0.458 e. The van der Waals surface area contributed by atoms with Crippen LogP contribution in [0, 0.1) is 5.82 Å². The van der Waals surface area contributed by atoms with Gasteiger partial charge in [0, 0.05) is 18.3 Å². The van der Waals surface area contributed by atoms with Crippen molar-refractivity contribution in [3.63, 3.8) is 0 Å². The van der Waals surface area contributed by atoms with Crippen molar-refractivity contribution in [2.45, 2.75) is 25.1 Å². The maximum atomic E-state index is 13.0. The highest BCUT2D eigenvalue weighted by Crippen LogP contribution is 2.28. The number of rotatable bonds is 3. The average molecular weight is 369 g/mol. The highest BCUT2D eigenvalue weighted by atomic mass is 19.4. The molecule has 0 saturated carbocycles. The summed E-state index contributed by atoms with van der Waals surface area (Å²) >= 11 is 0. The van der Waals surface area contributed by atoms with Crippen LogP contribution < -0.4 is 4.74 Å². The molecule has 0 radical (unpaired) electrons. The van der Waals surface area contributed by atoms with E-state index < -0.39 is 23.8 Å². The Bertz CT molecular complexity index is 780. The monoisotopic (exact) mass is 369 g/mol. The number of alkyl halides is 3. The number of carbonyl (C=O) groups excluding carboxylic acids is 1. The molecule has 1 aromatic heterocycles. The number of amides is 1. The molecule has 1 aliphatic heterocycles. The molecule has 2 heterocycles. The second-order valence-electron chi connectivity index (χ2n) is 5.86. The Hall–Kier alpha value is -2.71. The van der Waals surface area contributed by atoms with E-state index in [2.05, 4.69) is 9.97 Å². The SMILES string of the molecule is O=C(c1ccc(F)cc1)N1CCCC(Oc2nccc(C(F)(F)F)n2)C1. The van der Waals surface area contributed by atoms with Crippen LogP contribution in [0.3, 0.4) is 0 Å². The standard InChI is InChI=1S/C17H15F4N3O2/c18-12-5-3-11(4-6-12)15(25)24-9-1-2-13(10-24)26-16-22-8-7-14(23-16)17(19,20)21/h3-8,13H,1-2,9-10H2. The first-order chi connectivity index (χ1) is 12.3. The summed E-state index contributed by atoms with van der Waals surface area (Å²) in [6.45, 7) is 0.676. The van der Waals surface area contributed by atoms with Gasteiger partial charge in [-0.15, -0.1) is 0 Å². The van der Waals surface area contributed by atoms with E-state index in [0.717, 1.165) is 12.3 Å². The van der Waals surface area contributed by atoms with Crippen molar-refractivity contribution in [2.24, 2.45) is 0 Å². The largest absolute Gasteiger partial charge is 0.458 e. The zero-order valence-electron chi connectivity index (χ0n) is 13.5. The van der Waals surface area contributed by atoms with Gasteiger partial charge in [0.15, 0.2) is 5.69 Å². The minimum absolute atomic E-state index is 0.190. The first-order valence-electron chi connectivity index (χ1n) is 7.94. The van der Waals surface area contributed by atoms with Crippen LogP contribution in [0.5, 0.6) is 6.01 Å². The van der Waals surface area contributed by atoms with E-state index in [0.29, 0.717) is 24.9 Å². The summed E-state index contributed by atoms with van der Waals surface area (Å²) in [5, 5.41) is 0. The lowest BCUT2D eigenvalue weighted by Crippen LogP contribution is -2.44. The van der Waals surface area contributed by atoms with Gasteiger partial charge in [0.25, 0.3) is 5.91 Å². The summed E-state index contributed by atoms with van der Waals surface area (Å²) < 4.78 is 56.5. The van der Waals surface area contributed by atoms with Crippen molar-refractivity contribution in [1.29, 1.82) is 0 Å². The summed E-state index contributed by atoms with van der Waals surface area (Å²) in [5.41, 5.74) is -0.750. The normalized spacial score (nSPS) is 17.8. The van der Waals surface area contributed by atoms with Gasteiger partial charge in [0.05, 0.1) is 6.54 Å². The molecule has 9 heteroatoms. The molecule has 0 bridgehead atoms. The van der Waals surface area contributed by atoms with Crippen molar-refractivity contribution in [2.75, 3.05) is 13.1 Å². The lowest BCUT2D eigenvalue weighted by atomic mass is 10.1. The maximum Gasteiger partial charge on any atom is 0.433 e. The molecule has 0 spiro atoms. The molecule has 1 unspecified atom stereocenters. The van der Waals surface area contributed by atoms with Gasteiger partial charge in [-0.2, -0.15) is 18.2 Å². The molecular formula is C17H15F4N3O2. The van der Waals surface area contributed by atoms with E-state index in [4.69, 9.17) is 4.74 Å². The van der Waals surface area contributed by atoms with Gasteiger partial charge in [0.2, 0.25) is 0 Å². The van der Waals surface area contributed by atoms with Gasteiger partial charge >= 0.3 is 12.2 Å². The van der Waals surface area contributed by atoms with Gasteiger partial charge in [-0.05, 0) is 43.2 Å². The minimum atomic E-state index is -4.59. The van der Waals surface area contributed by atoms with Crippen molar-refractivity contribution < 1.29 is 27.1 Å². The number of ether oxygens (including phenoxy) is 1. The molecule has 3 rings (SSSR count). The molecule has 1 amide bonds. The van der Waals surface area contributed by atoms with Crippen LogP contribution in [0.15, 0.2) is 36.5 Å². The van der Waals surface area contributed by atoms with Crippen LogP contribution in [0.25, 0.3) is 0 Å². The van der Waals surface area contributed by atoms with E-state index in [1.54, 1.807) is 0 Å². The Labute approximate surface area is 146 Å². The maximum absolute atomic E-state index is 13.0. The van der Waals surface area contributed by atoms with E-state index >= 15 is 0 Å². The molecule has 5 nitrogen and oxygen atoms in total. The number of benzene rings is 1. The fourth-order valence-electron chi connectivity index (χ4n) is 2.70. The Kier molecular flexibility index (Phi) is 5.06. The van der Waals surface area contributed by atoms with Crippen LogP contribution in [-0.2, 0) is 6.18 Å². The molecule has 1 saturated heterocycles. The van der Waals surface area contributed by atoms with Crippen LogP contribution in [0.4, 0.5) is 17.6 Å². The zero-order valence-corrected chi connectivity index (χ0v) is 13.5. The van der Waals surface area contributed by atoms with Gasteiger partial charge in [-0.3, -0.25) is 4.79 Å². The zero-order chi connectivity index (χ0) is 18.7. The quantitative estimate of drug-likeness (QED) is 0.779. The molecule has 0 aliphatic carbocycles. The Balaban J connectivity index is 1.67. The van der Waals surface area contributed by atoms with Crippen LogP contribution >= 0.6 is 0 Å². The van der Waals surface area contributed by atoms with E-state index in [1.165, 1.54) is 29.2 Å². The molecule has 0 N–H and O–H groups in total. The third-order valence-electron chi connectivity index (χ3n) is 3.95. The fourth-order valence-corrected chi connectivity index (χ4v) is 2.70. The van der Waals surface area contributed by atoms with Crippen LogP contribution in [-0.4, -0.2) is 40.0 Å². The molecule has 138 valence electrons. The van der Waals surface area contributed by atoms with Crippen molar-refractivity contribution >= 4 is 5.91 Å². The van der Waals surface area contributed by atoms with E-state index in [-0.39, 0.29) is 18.5 Å². The molecule has 1 atom stereocenters. The van der Waals surface area contributed by atoms with Crippen molar-refractivity contribution in [3.05, 3.63) is 53.6 Å². The van der Waals surface area contributed by atoms with Gasteiger partial charge in [-0.1, -0.05) is 0 Å². The number of aromatic nitrogens is 2. The molecule has 26 heavy (non-hydrogen) atoms. The predicted molar refractivity (Wildman–Crippen MR) is 83.0 cm³/mol. The van der Waals surface area contributed by atoms with E-state index in [9.17, 15) is 22.4 Å². The number of hydrogen-bond donors (Lipinski definition) is 0. The third-order valence-corrected chi connectivity index (χ3v) is 3.95. The number of likely N-dealkylation sites (tertiary alicyclic amines) is 1. The predicted octanol–water partition coefficient (Wildman–Crippen LogP) is 3.32. The van der Waals surface area contributed by atoms with Gasteiger partial charge in [-0.25, -0.2) is 9.37 Å². The van der Waals surface area contributed by atoms with E-state index in [1.807, 2.05) is 0 Å². The summed E-state index contributed by atoms with van der Waals surface area (Å²) in [7, 11) is 0. The fraction of sp³-hybridized carbons (Fsp3) is 0.353. The second-order valence-corrected chi connectivity index (χ2v) is 5.86. The smallest absolute Gasteiger partial charge is 0.433 e. The molecule has 1 fully saturated rings. The second kappa shape index (κ2) is 7.27. The van der Waals surface area contributed by atoms with Crippen LogP contribution in [0.1, 0.15) is 28.9 Å². The highest BCUT2D eigenvalue weighted by molar-refractivity contribution is 5.94. The average Bonchev–Trinajstić information content (AvgIpc) is 2.61. The molecule has 1 aromatic carbocycles. The summed E-state index contributed by atoms with van der Waals surface area (Å²) in [6.07, 6.45) is -2.94. The topological polar surface area (TPSA) is 55.3 Å². The lowest BCUT2D eigenvalue weighted by molar-refractivity contribution is -0.141. The lowest BCUT2D eigenvalue weighted by Gasteiger charge is -2.32. The number of piperidine rings is 1. The van der Waals surface area contributed by atoms with Gasteiger partial charge < -0.3 is 9.64 Å². The summed E-state index contributed by atoms with van der Waals surface area (Å²) in [5.74, 6) is -0.730. The Morgan fingerprint density at radius 3 is 2.62 bits per heavy atom. The number of halogens is 4. The van der Waals surface area contributed by atoms with Crippen molar-refractivity contribution in [1.82, 2.24) is 14.9 Å². The third kappa shape index (κ3) is 4.27. The molecular weight excluding hydrogens is 354 g/mol. The summed E-state index contributed by atoms with van der Waals surface area (Å²) in [4.78, 5) is 21.1. The first kappa shape index (κ1) is 18.1. The molecule has 2 aromatic rings. The van der Waals surface area contributed by atoms with Crippen LogP contribution in [0.2, 0.25) is 0 Å². The molecule has 1 aliphatic rings. The summed E-state index contributed by atoms with van der Waals surface area (Å²) in [6, 6.07) is 5.55. The number of nitrogens with zero attached hydrogens (tertiary/aromatic N) is 3.